The third-order valence-electron chi connectivity index (χ3n) is 3.10. The Morgan fingerprint density at radius 3 is 2.48 bits per heavy atom. The molecule has 0 amide bonds. The summed E-state index contributed by atoms with van der Waals surface area (Å²) in [4.78, 5) is 22.8. The maximum absolute atomic E-state index is 11.5. The lowest BCUT2D eigenvalue weighted by Crippen LogP contribution is -1.98. The molecule has 0 N–H and O–H groups in total. The summed E-state index contributed by atoms with van der Waals surface area (Å²) in [6.45, 7) is 1.51. The van der Waals surface area contributed by atoms with Gasteiger partial charge in [0.05, 0.1) is 11.5 Å². The van der Waals surface area contributed by atoms with Crippen LogP contribution in [0.2, 0.25) is 0 Å². The number of carbonyl (C=O) groups is 1. The average molecular weight is 280 g/mol. The summed E-state index contributed by atoms with van der Waals surface area (Å²) in [7, 11) is 0. The lowest BCUT2D eigenvalue weighted by Gasteiger charge is -2.08. The van der Waals surface area contributed by atoms with Gasteiger partial charge in [-0.3, -0.25) is 4.79 Å². The highest BCUT2D eigenvalue weighted by Gasteiger charge is 2.07. The first-order valence-corrected chi connectivity index (χ1v) is 6.45. The number of Topliss-reactive ketones (excluding diaryl/α,β-unsaturated/α-hetero) is 1. The van der Waals surface area contributed by atoms with Crippen molar-refractivity contribution >= 4 is 16.8 Å². The van der Waals surface area contributed by atoms with Crippen molar-refractivity contribution in [3.63, 3.8) is 0 Å². The van der Waals surface area contributed by atoms with E-state index in [-0.39, 0.29) is 5.78 Å². The molecule has 0 fully saturated rings. The monoisotopic (exact) mass is 280 g/mol. The molecule has 0 bridgehead atoms. The summed E-state index contributed by atoms with van der Waals surface area (Å²) in [5.41, 5.74) is 0.615. The van der Waals surface area contributed by atoms with Crippen LogP contribution in [0.15, 0.2) is 63.8 Å². The van der Waals surface area contributed by atoms with Gasteiger partial charge in [-0.25, -0.2) is 4.79 Å². The Kier molecular flexibility index (Phi) is 3.28. The maximum atomic E-state index is 11.5. The normalized spacial score (nSPS) is 10.5. The Hall–Kier alpha value is -2.88. The summed E-state index contributed by atoms with van der Waals surface area (Å²) in [5.74, 6) is 0.973. The van der Waals surface area contributed by atoms with Crippen LogP contribution in [-0.2, 0) is 0 Å². The Morgan fingerprint density at radius 1 is 1.05 bits per heavy atom. The molecule has 0 aliphatic heterocycles. The van der Waals surface area contributed by atoms with Crippen molar-refractivity contribution in [2.75, 3.05) is 0 Å². The van der Waals surface area contributed by atoms with Gasteiger partial charge in [0.2, 0.25) is 0 Å². The van der Waals surface area contributed by atoms with Gasteiger partial charge >= 0.3 is 5.63 Å². The number of ketones is 1. The van der Waals surface area contributed by atoms with Gasteiger partial charge in [-0.1, -0.05) is 12.1 Å². The van der Waals surface area contributed by atoms with Crippen LogP contribution in [0.1, 0.15) is 17.3 Å². The third-order valence-corrected chi connectivity index (χ3v) is 3.10. The van der Waals surface area contributed by atoms with Gasteiger partial charge < -0.3 is 9.15 Å². The molecule has 4 nitrogen and oxygen atoms in total. The largest absolute Gasteiger partial charge is 0.456 e. The minimum absolute atomic E-state index is 0.00708. The number of hydrogen-bond donors (Lipinski definition) is 0. The fourth-order valence-electron chi connectivity index (χ4n) is 2.05. The Bertz CT molecular complexity index is 860. The van der Waals surface area contributed by atoms with Crippen molar-refractivity contribution < 1.29 is 13.9 Å². The molecule has 3 aromatic rings. The predicted octanol–water partition coefficient (Wildman–Crippen LogP) is 3.79. The van der Waals surface area contributed by atoms with E-state index in [9.17, 15) is 9.59 Å². The quantitative estimate of drug-likeness (QED) is 0.541. The van der Waals surface area contributed by atoms with Crippen molar-refractivity contribution in [1.29, 1.82) is 0 Å². The Balaban J connectivity index is 2.01. The molecule has 0 aliphatic rings. The molecular weight excluding hydrogens is 268 g/mol. The number of hydrogen-bond acceptors (Lipinski definition) is 4. The fraction of sp³-hybridized carbons (Fsp3) is 0.0588. The number of ether oxygens (including phenoxy) is 1. The van der Waals surface area contributed by atoms with Crippen molar-refractivity contribution in [3.05, 3.63) is 70.6 Å². The second-order valence-electron chi connectivity index (χ2n) is 4.61. The average Bonchev–Trinajstić information content (AvgIpc) is 2.47. The van der Waals surface area contributed by atoms with Gasteiger partial charge in [-0.2, -0.15) is 0 Å². The van der Waals surface area contributed by atoms with Crippen LogP contribution in [0.25, 0.3) is 11.0 Å². The molecule has 0 spiro atoms. The molecule has 1 heterocycles. The number of fused-ring (bicyclic) bond motifs is 1. The maximum Gasteiger partial charge on any atom is 0.339 e. The van der Waals surface area contributed by atoms with Crippen molar-refractivity contribution in [2.45, 2.75) is 6.92 Å². The zero-order valence-electron chi connectivity index (χ0n) is 11.3. The Labute approximate surface area is 120 Å². The van der Waals surface area contributed by atoms with Crippen LogP contribution in [0, 0.1) is 0 Å². The zero-order valence-corrected chi connectivity index (χ0v) is 11.3. The molecule has 0 atom stereocenters. The van der Waals surface area contributed by atoms with E-state index < -0.39 is 5.63 Å². The first-order valence-electron chi connectivity index (χ1n) is 6.45. The van der Waals surface area contributed by atoms with Crippen LogP contribution < -0.4 is 10.4 Å². The van der Waals surface area contributed by atoms with Gasteiger partial charge in [0.1, 0.15) is 17.1 Å². The van der Waals surface area contributed by atoms with E-state index in [1.54, 1.807) is 36.4 Å². The highest BCUT2D eigenvalue weighted by molar-refractivity contribution is 5.94. The second-order valence-corrected chi connectivity index (χ2v) is 4.61. The van der Waals surface area contributed by atoms with Gasteiger partial charge in [0, 0.05) is 5.56 Å². The van der Waals surface area contributed by atoms with Crippen LogP contribution in [0.4, 0.5) is 0 Å². The second kappa shape index (κ2) is 5.25. The van der Waals surface area contributed by atoms with E-state index in [0.717, 1.165) is 0 Å². The Morgan fingerprint density at radius 2 is 1.76 bits per heavy atom. The molecule has 21 heavy (non-hydrogen) atoms. The highest BCUT2D eigenvalue weighted by atomic mass is 16.5. The zero-order chi connectivity index (χ0) is 14.8. The number of rotatable bonds is 3. The molecule has 3 rings (SSSR count). The smallest absolute Gasteiger partial charge is 0.339 e. The lowest BCUT2D eigenvalue weighted by atomic mass is 10.1. The lowest BCUT2D eigenvalue weighted by molar-refractivity contribution is 0.101. The van der Waals surface area contributed by atoms with Gasteiger partial charge in [-0.15, -0.1) is 0 Å². The molecule has 0 aliphatic carbocycles. The topological polar surface area (TPSA) is 56.5 Å². The van der Waals surface area contributed by atoms with E-state index in [0.29, 0.717) is 28.0 Å². The van der Waals surface area contributed by atoms with E-state index in [1.165, 1.54) is 13.0 Å². The molecule has 0 unspecified atom stereocenters. The van der Waals surface area contributed by atoms with Crippen molar-refractivity contribution in [2.24, 2.45) is 0 Å². The minimum atomic E-state index is -0.468. The first kappa shape index (κ1) is 13.1. The summed E-state index contributed by atoms with van der Waals surface area (Å²) in [6, 6.07) is 15.2. The van der Waals surface area contributed by atoms with E-state index in [2.05, 4.69) is 0 Å². The summed E-state index contributed by atoms with van der Waals surface area (Å²) in [6.07, 6.45) is 0. The minimum Gasteiger partial charge on any atom is -0.456 e. The molecule has 1 aromatic heterocycles. The summed E-state index contributed by atoms with van der Waals surface area (Å²) >= 11 is 0. The SMILES string of the molecule is CC(=O)c1ccc(Oc2cc(=O)oc3ccccc23)cc1. The molecule has 0 saturated heterocycles. The van der Waals surface area contributed by atoms with Gasteiger partial charge in [-0.05, 0) is 43.3 Å². The first-order chi connectivity index (χ1) is 10.1. The van der Waals surface area contributed by atoms with Gasteiger partial charge in [0.25, 0.3) is 0 Å². The van der Waals surface area contributed by atoms with Crippen LogP contribution in [0.3, 0.4) is 0 Å². The highest BCUT2D eigenvalue weighted by Crippen LogP contribution is 2.28. The number of carbonyl (C=O) groups excluding carboxylic acids is 1. The number of para-hydroxylation sites is 1. The molecule has 0 radical (unpaired) electrons. The van der Waals surface area contributed by atoms with E-state index in [1.807, 2.05) is 12.1 Å². The van der Waals surface area contributed by atoms with Gasteiger partial charge in [0.15, 0.2) is 5.78 Å². The molecule has 104 valence electrons. The fourth-order valence-corrected chi connectivity index (χ4v) is 2.05. The summed E-state index contributed by atoms with van der Waals surface area (Å²) < 4.78 is 10.8. The van der Waals surface area contributed by atoms with Crippen LogP contribution in [0.5, 0.6) is 11.5 Å². The molecular formula is C17H12O4. The number of benzene rings is 2. The van der Waals surface area contributed by atoms with E-state index in [4.69, 9.17) is 9.15 Å². The molecule has 4 heteroatoms. The predicted molar refractivity (Wildman–Crippen MR) is 79.0 cm³/mol. The molecule has 0 saturated carbocycles. The van der Waals surface area contributed by atoms with Crippen LogP contribution in [-0.4, -0.2) is 5.78 Å². The van der Waals surface area contributed by atoms with E-state index >= 15 is 0 Å². The van der Waals surface area contributed by atoms with Crippen LogP contribution >= 0.6 is 0 Å². The standard InChI is InChI=1S/C17H12O4/c1-11(18)12-6-8-13(9-7-12)20-16-10-17(19)21-15-5-3-2-4-14(15)16/h2-10H,1H3. The molecule has 2 aromatic carbocycles. The van der Waals surface area contributed by atoms with Crippen molar-refractivity contribution in [3.8, 4) is 11.5 Å². The third kappa shape index (κ3) is 2.69. The summed E-state index contributed by atoms with van der Waals surface area (Å²) in [5, 5.41) is 0.716. The van der Waals surface area contributed by atoms with Crippen molar-refractivity contribution in [1.82, 2.24) is 0 Å².